The highest BCUT2D eigenvalue weighted by atomic mass is 33.1. The summed E-state index contributed by atoms with van der Waals surface area (Å²) in [6.45, 7) is 0. The van der Waals surface area contributed by atoms with Crippen molar-refractivity contribution in [1.29, 1.82) is 0 Å². The van der Waals surface area contributed by atoms with Gasteiger partial charge in [-0.3, -0.25) is 20.2 Å². The Morgan fingerprint density at radius 2 is 1.12 bits per heavy atom. The fraction of sp³-hybridized carbons (Fsp3) is 0. The molecule has 0 radical (unpaired) electrons. The fourth-order valence-electron chi connectivity index (χ4n) is 1.83. The zero-order valence-electron chi connectivity index (χ0n) is 12.5. The number of hydrogen-bond donors (Lipinski definition) is 2. The molecule has 0 atom stereocenters. The normalized spacial score (nSPS) is 10.3. The summed E-state index contributed by atoms with van der Waals surface area (Å²) in [5, 5.41) is 39.9. The van der Waals surface area contributed by atoms with Crippen LogP contribution in [0.3, 0.4) is 0 Å². The number of carboxylic acids is 2. The molecule has 0 aliphatic rings. The highest BCUT2D eigenvalue weighted by Gasteiger charge is 2.20. The van der Waals surface area contributed by atoms with Crippen LogP contribution < -0.4 is 0 Å². The lowest BCUT2D eigenvalue weighted by molar-refractivity contribution is -0.385. The van der Waals surface area contributed by atoms with Crippen molar-refractivity contribution in [3.8, 4) is 0 Å². The first-order valence-electron chi connectivity index (χ1n) is 6.58. The molecule has 0 aromatic heterocycles. The van der Waals surface area contributed by atoms with Crippen molar-refractivity contribution < 1.29 is 29.6 Å². The second-order valence-corrected chi connectivity index (χ2v) is 6.87. The van der Waals surface area contributed by atoms with Gasteiger partial charge in [0.1, 0.15) is 0 Å². The molecule has 134 valence electrons. The van der Waals surface area contributed by atoms with Crippen molar-refractivity contribution >= 4 is 44.9 Å². The lowest BCUT2D eigenvalue weighted by atomic mass is 10.2. The van der Waals surface area contributed by atoms with Crippen LogP contribution in [0.15, 0.2) is 46.2 Å². The van der Waals surface area contributed by atoms with E-state index < -0.39 is 33.2 Å². The van der Waals surface area contributed by atoms with Gasteiger partial charge in [0.25, 0.3) is 11.4 Å². The Bertz CT molecular complexity index is 856. The molecule has 0 saturated carbocycles. The monoisotopic (exact) mass is 396 g/mol. The molecule has 0 aliphatic carbocycles. The van der Waals surface area contributed by atoms with Gasteiger partial charge in [-0.2, -0.15) is 0 Å². The van der Waals surface area contributed by atoms with Crippen LogP contribution >= 0.6 is 21.6 Å². The molecule has 2 N–H and O–H groups in total. The Hall–Kier alpha value is -3.12. The number of carbonyl (C=O) groups is 2. The number of nitrogens with zero attached hydrogens (tertiary/aromatic N) is 2. The number of non-ortho nitro benzene ring substituents is 2. The maximum atomic E-state index is 11.3. The van der Waals surface area contributed by atoms with E-state index in [0.29, 0.717) is 0 Å². The van der Waals surface area contributed by atoms with E-state index in [1.54, 1.807) is 0 Å². The maximum absolute atomic E-state index is 11.3. The highest BCUT2D eigenvalue weighted by Crippen LogP contribution is 2.42. The van der Waals surface area contributed by atoms with Gasteiger partial charge in [-0.25, -0.2) is 9.59 Å². The van der Waals surface area contributed by atoms with Gasteiger partial charge in [-0.05, 0) is 12.1 Å². The molecule has 2 rings (SSSR count). The summed E-state index contributed by atoms with van der Waals surface area (Å²) >= 11 is 0. The second kappa shape index (κ2) is 7.84. The average molecular weight is 396 g/mol. The summed E-state index contributed by atoms with van der Waals surface area (Å²) in [6.07, 6.45) is 0. The quantitative estimate of drug-likeness (QED) is 0.401. The minimum absolute atomic E-state index is 0.169. The molecule has 10 nitrogen and oxygen atoms in total. The topological polar surface area (TPSA) is 161 Å². The number of nitro benzene ring substituents is 2. The van der Waals surface area contributed by atoms with Gasteiger partial charge in [0, 0.05) is 34.1 Å². The third-order valence-electron chi connectivity index (χ3n) is 3.03. The van der Waals surface area contributed by atoms with Crippen LogP contribution in [0.4, 0.5) is 11.4 Å². The van der Waals surface area contributed by atoms with E-state index in [2.05, 4.69) is 0 Å². The Labute approximate surface area is 152 Å². The summed E-state index contributed by atoms with van der Waals surface area (Å²) in [4.78, 5) is 43.0. The molecule has 0 bridgehead atoms. The van der Waals surface area contributed by atoms with Crippen LogP contribution in [-0.4, -0.2) is 32.0 Å². The molecule has 0 amide bonds. The van der Waals surface area contributed by atoms with Crippen molar-refractivity contribution in [2.24, 2.45) is 0 Å². The molecule has 0 saturated heterocycles. The first-order valence-corrected chi connectivity index (χ1v) is 8.73. The van der Waals surface area contributed by atoms with Crippen LogP contribution in [-0.2, 0) is 0 Å². The third-order valence-corrected chi connectivity index (χ3v) is 5.51. The maximum Gasteiger partial charge on any atom is 0.337 e. The molecule has 0 fully saturated rings. The summed E-state index contributed by atoms with van der Waals surface area (Å²) < 4.78 is 0. The van der Waals surface area contributed by atoms with Gasteiger partial charge >= 0.3 is 11.9 Å². The molecule has 2 aromatic rings. The van der Waals surface area contributed by atoms with Crippen LogP contribution in [0.2, 0.25) is 0 Å². The molecule has 0 aliphatic heterocycles. The molecular weight excluding hydrogens is 388 g/mol. The Kier molecular flexibility index (Phi) is 5.79. The minimum Gasteiger partial charge on any atom is -0.478 e. The van der Waals surface area contributed by atoms with Gasteiger partial charge in [-0.15, -0.1) is 0 Å². The SMILES string of the molecule is O=C(O)c1cc([N+](=O)[O-])ccc1SSc1ccc([N+](=O)[O-])cc1C(=O)O. The van der Waals surface area contributed by atoms with E-state index in [0.717, 1.165) is 45.9 Å². The molecule has 0 heterocycles. The Morgan fingerprint density at radius 1 is 0.769 bits per heavy atom. The molecule has 0 spiro atoms. The Balaban J connectivity index is 2.34. The summed E-state index contributed by atoms with van der Waals surface area (Å²) in [5.41, 5.74) is -1.40. The smallest absolute Gasteiger partial charge is 0.337 e. The molecule has 2 aromatic carbocycles. The van der Waals surface area contributed by atoms with Crippen LogP contribution in [0.5, 0.6) is 0 Å². The van der Waals surface area contributed by atoms with Gasteiger partial charge in [-0.1, -0.05) is 21.6 Å². The van der Waals surface area contributed by atoms with E-state index in [9.17, 15) is 40.0 Å². The summed E-state index contributed by atoms with van der Waals surface area (Å²) in [5.74, 6) is -2.75. The van der Waals surface area contributed by atoms with E-state index in [-0.39, 0.29) is 20.9 Å². The predicted molar refractivity (Wildman–Crippen MR) is 91.8 cm³/mol. The van der Waals surface area contributed by atoms with Gasteiger partial charge in [0.15, 0.2) is 0 Å². The first-order chi connectivity index (χ1) is 12.2. The lowest BCUT2D eigenvalue weighted by Gasteiger charge is -2.07. The lowest BCUT2D eigenvalue weighted by Crippen LogP contribution is -2.01. The second-order valence-electron chi connectivity index (χ2n) is 4.65. The van der Waals surface area contributed by atoms with Crippen LogP contribution in [0.1, 0.15) is 20.7 Å². The average Bonchev–Trinajstić information content (AvgIpc) is 2.59. The van der Waals surface area contributed by atoms with E-state index in [4.69, 9.17) is 0 Å². The zero-order valence-corrected chi connectivity index (χ0v) is 14.2. The summed E-state index contributed by atoms with van der Waals surface area (Å²) in [6, 6.07) is 6.54. The van der Waals surface area contributed by atoms with Crippen molar-refractivity contribution in [2.45, 2.75) is 9.79 Å². The number of benzene rings is 2. The van der Waals surface area contributed by atoms with Crippen LogP contribution in [0, 0.1) is 20.2 Å². The van der Waals surface area contributed by atoms with Crippen molar-refractivity contribution in [3.05, 3.63) is 67.8 Å². The first kappa shape index (κ1) is 19.2. The summed E-state index contributed by atoms with van der Waals surface area (Å²) in [7, 11) is 1.75. The van der Waals surface area contributed by atoms with E-state index in [1.165, 1.54) is 12.1 Å². The van der Waals surface area contributed by atoms with Crippen LogP contribution in [0.25, 0.3) is 0 Å². The standard InChI is InChI=1S/C14H8N2O8S2/c17-13(18)9-5-7(15(21)22)1-3-11(9)25-26-12-4-2-8(16(23)24)6-10(12)14(19)20/h1-6H,(H,17,18)(H,19,20). The highest BCUT2D eigenvalue weighted by molar-refractivity contribution is 8.76. The van der Waals surface area contributed by atoms with Gasteiger partial charge < -0.3 is 10.2 Å². The molecule has 26 heavy (non-hydrogen) atoms. The number of aromatic carboxylic acids is 2. The number of nitro groups is 2. The number of rotatable bonds is 7. The van der Waals surface area contributed by atoms with Crippen molar-refractivity contribution in [2.75, 3.05) is 0 Å². The molecular formula is C14H8N2O8S2. The van der Waals surface area contributed by atoms with E-state index >= 15 is 0 Å². The number of carboxylic acid groups (broad SMARTS) is 2. The van der Waals surface area contributed by atoms with Crippen molar-refractivity contribution in [3.63, 3.8) is 0 Å². The van der Waals surface area contributed by atoms with Crippen molar-refractivity contribution in [1.82, 2.24) is 0 Å². The third kappa shape index (κ3) is 4.29. The minimum atomic E-state index is -1.38. The number of hydrogen-bond acceptors (Lipinski definition) is 8. The Morgan fingerprint density at radius 3 is 1.38 bits per heavy atom. The predicted octanol–water partition coefficient (Wildman–Crippen LogP) is 3.70. The molecule has 12 heteroatoms. The van der Waals surface area contributed by atoms with E-state index in [1.807, 2.05) is 0 Å². The zero-order chi connectivity index (χ0) is 19.4. The molecule has 0 unspecified atom stereocenters. The van der Waals surface area contributed by atoms with Gasteiger partial charge in [0.05, 0.1) is 21.0 Å². The largest absolute Gasteiger partial charge is 0.478 e. The fourth-order valence-corrected chi connectivity index (χ4v) is 4.14. The van der Waals surface area contributed by atoms with Gasteiger partial charge in [0.2, 0.25) is 0 Å².